The Kier molecular flexibility index (Phi) is 3.35. The van der Waals surface area contributed by atoms with Crippen LogP contribution in [0.15, 0.2) is 6.07 Å². The van der Waals surface area contributed by atoms with E-state index in [1.807, 2.05) is 22.6 Å². The summed E-state index contributed by atoms with van der Waals surface area (Å²) in [6, 6.07) is 1.39. The Balaban J connectivity index is 3.35. The zero-order valence-electron chi connectivity index (χ0n) is 7.22. The number of alkyl halides is 2. The van der Waals surface area contributed by atoms with Crippen molar-refractivity contribution in [2.75, 3.05) is 0 Å². The van der Waals surface area contributed by atoms with Crippen LogP contribution >= 0.6 is 22.6 Å². The average molecular weight is 312 g/mol. The second-order valence-electron chi connectivity index (χ2n) is 2.66. The summed E-state index contributed by atoms with van der Waals surface area (Å²) in [6.07, 6.45) is -2.69. The first-order chi connectivity index (χ1) is 6.43. The molecule has 1 aromatic heterocycles. The number of nitrogens with two attached hydrogens (primary N) is 1. The van der Waals surface area contributed by atoms with Crippen LogP contribution < -0.4 is 5.73 Å². The van der Waals surface area contributed by atoms with Crippen molar-refractivity contribution in [2.24, 2.45) is 5.73 Å². The Hall–Kier alpha value is -0.790. The maximum Gasteiger partial charge on any atom is 0.280 e. The molecular weight excluding hydrogens is 305 g/mol. The monoisotopic (exact) mass is 312 g/mol. The normalized spacial score (nSPS) is 10.6. The maximum atomic E-state index is 12.4. The largest absolute Gasteiger partial charge is 0.364 e. The molecule has 1 heterocycles. The number of halogens is 3. The number of pyridine rings is 1. The van der Waals surface area contributed by atoms with E-state index in [0.717, 1.165) is 0 Å². The lowest BCUT2D eigenvalue weighted by molar-refractivity contribution is 0.0993. The average Bonchev–Trinajstić information content (AvgIpc) is 2.08. The quantitative estimate of drug-likeness (QED) is 0.850. The van der Waals surface area contributed by atoms with E-state index in [2.05, 4.69) is 4.98 Å². The van der Waals surface area contributed by atoms with Crippen molar-refractivity contribution < 1.29 is 13.6 Å². The molecule has 0 aliphatic rings. The summed E-state index contributed by atoms with van der Waals surface area (Å²) < 4.78 is 25.4. The number of carbonyl (C=O) groups excluding carboxylic acids is 1. The van der Waals surface area contributed by atoms with Gasteiger partial charge >= 0.3 is 0 Å². The van der Waals surface area contributed by atoms with Gasteiger partial charge in [-0.05, 0) is 41.1 Å². The van der Waals surface area contributed by atoms with Gasteiger partial charge in [-0.3, -0.25) is 4.79 Å². The summed E-state index contributed by atoms with van der Waals surface area (Å²) in [5.41, 5.74) is 4.82. The summed E-state index contributed by atoms with van der Waals surface area (Å²) in [5, 5.41) is 0. The third kappa shape index (κ3) is 2.17. The first-order valence-electron chi connectivity index (χ1n) is 3.68. The summed E-state index contributed by atoms with van der Waals surface area (Å²) in [7, 11) is 0. The van der Waals surface area contributed by atoms with E-state index in [1.165, 1.54) is 13.0 Å². The molecule has 2 N–H and O–H groups in total. The first kappa shape index (κ1) is 11.3. The standard InChI is InChI=1S/C8H7F2IN2O/c1-3-4(11)2-5(8(12)14)13-6(3)7(9)10/h2,7H,1H3,(H2,12,14). The molecule has 0 aliphatic carbocycles. The highest BCUT2D eigenvalue weighted by Crippen LogP contribution is 2.24. The molecule has 0 aromatic carbocycles. The maximum absolute atomic E-state index is 12.4. The molecular formula is C8H7F2IN2O. The van der Waals surface area contributed by atoms with Gasteiger partial charge in [0.1, 0.15) is 11.4 Å². The molecule has 1 aromatic rings. The Bertz CT molecular complexity index is 382. The number of primary amides is 1. The fourth-order valence-electron chi connectivity index (χ4n) is 0.935. The Morgan fingerprint density at radius 2 is 2.21 bits per heavy atom. The lowest BCUT2D eigenvalue weighted by Gasteiger charge is -2.07. The molecule has 0 saturated heterocycles. The Morgan fingerprint density at radius 3 is 2.64 bits per heavy atom. The zero-order chi connectivity index (χ0) is 10.9. The van der Waals surface area contributed by atoms with Crippen LogP contribution in [0, 0.1) is 10.5 Å². The predicted octanol–water partition coefficient (Wildman–Crippen LogP) is 2.03. The number of amides is 1. The van der Waals surface area contributed by atoms with Gasteiger partial charge < -0.3 is 5.73 Å². The van der Waals surface area contributed by atoms with Gasteiger partial charge in [0.2, 0.25) is 0 Å². The minimum atomic E-state index is -2.69. The summed E-state index contributed by atoms with van der Waals surface area (Å²) in [4.78, 5) is 14.3. The van der Waals surface area contributed by atoms with E-state index in [1.54, 1.807) is 0 Å². The van der Waals surface area contributed by atoms with Gasteiger partial charge in [-0.25, -0.2) is 13.8 Å². The molecule has 0 fully saturated rings. The van der Waals surface area contributed by atoms with E-state index in [0.29, 0.717) is 9.13 Å². The molecule has 1 amide bonds. The van der Waals surface area contributed by atoms with Gasteiger partial charge in [0.25, 0.3) is 12.3 Å². The van der Waals surface area contributed by atoms with Crippen molar-refractivity contribution in [2.45, 2.75) is 13.3 Å². The minimum absolute atomic E-state index is 0.129. The van der Waals surface area contributed by atoms with Gasteiger partial charge in [0.05, 0.1) is 0 Å². The van der Waals surface area contributed by atoms with E-state index < -0.39 is 12.3 Å². The molecule has 6 heteroatoms. The van der Waals surface area contributed by atoms with E-state index >= 15 is 0 Å². The van der Waals surface area contributed by atoms with Crippen LogP contribution in [0.3, 0.4) is 0 Å². The van der Waals surface area contributed by atoms with Crippen molar-refractivity contribution in [1.29, 1.82) is 0 Å². The molecule has 76 valence electrons. The number of hydrogen-bond donors (Lipinski definition) is 1. The molecule has 0 unspecified atom stereocenters. The van der Waals surface area contributed by atoms with E-state index in [9.17, 15) is 13.6 Å². The van der Waals surface area contributed by atoms with E-state index in [-0.39, 0.29) is 11.4 Å². The Labute approximate surface area is 92.8 Å². The molecule has 1 rings (SSSR count). The van der Waals surface area contributed by atoms with Crippen LogP contribution in [0.5, 0.6) is 0 Å². The van der Waals surface area contributed by atoms with Gasteiger partial charge in [-0.15, -0.1) is 0 Å². The molecule has 0 aliphatic heterocycles. The smallest absolute Gasteiger partial charge is 0.280 e. The van der Waals surface area contributed by atoms with E-state index in [4.69, 9.17) is 5.73 Å². The molecule has 0 atom stereocenters. The molecule has 0 spiro atoms. The van der Waals surface area contributed by atoms with Crippen LogP contribution in [0.25, 0.3) is 0 Å². The fraction of sp³-hybridized carbons (Fsp3) is 0.250. The predicted molar refractivity (Wildman–Crippen MR) is 55.2 cm³/mol. The summed E-state index contributed by atoms with van der Waals surface area (Å²) in [6.45, 7) is 1.53. The lowest BCUT2D eigenvalue weighted by atomic mass is 10.2. The molecule has 0 bridgehead atoms. The van der Waals surface area contributed by atoms with Crippen LogP contribution in [-0.4, -0.2) is 10.9 Å². The topological polar surface area (TPSA) is 56.0 Å². The van der Waals surface area contributed by atoms with Crippen molar-refractivity contribution in [3.63, 3.8) is 0 Å². The van der Waals surface area contributed by atoms with Gasteiger partial charge in [-0.2, -0.15) is 0 Å². The lowest BCUT2D eigenvalue weighted by Crippen LogP contribution is -2.15. The first-order valence-corrected chi connectivity index (χ1v) is 4.76. The van der Waals surface area contributed by atoms with Gasteiger partial charge in [0.15, 0.2) is 0 Å². The SMILES string of the molecule is Cc1c(I)cc(C(N)=O)nc1C(F)F. The highest BCUT2D eigenvalue weighted by atomic mass is 127. The van der Waals surface area contributed by atoms with Crippen LogP contribution in [0.4, 0.5) is 8.78 Å². The second-order valence-corrected chi connectivity index (χ2v) is 3.83. The molecule has 0 saturated carbocycles. The minimum Gasteiger partial charge on any atom is -0.364 e. The number of carbonyl (C=O) groups is 1. The van der Waals surface area contributed by atoms with Crippen LogP contribution in [0.2, 0.25) is 0 Å². The summed E-state index contributed by atoms with van der Waals surface area (Å²) in [5.74, 6) is -0.801. The second kappa shape index (κ2) is 4.16. The number of nitrogens with zero attached hydrogens (tertiary/aromatic N) is 1. The molecule has 14 heavy (non-hydrogen) atoms. The van der Waals surface area contributed by atoms with Gasteiger partial charge in [0, 0.05) is 3.57 Å². The van der Waals surface area contributed by atoms with Gasteiger partial charge in [-0.1, -0.05) is 0 Å². The Morgan fingerprint density at radius 1 is 1.64 bits per heavy atom. The van der Waals surface area contributed by atoms with Crippen molar-refractivity contribution in [3.05, 3.63) is 26.6 Å². The summed E-state index contributed by atoms with van der Waals surface area (Å²) >= 11 is 1.86. The third-order valence-corrected chi connectivity index (χ3v) is 2.83. The number of rotatable bonds is 2. The third-order valence-electron chi connectivity index (χ3n) is 1.71. The molecule has 0 radical (unpaired) electrons. The molecule has 3 nitrogen and oxygen atoms in total. The van der Waals surface area contributed by atoms with Crippen molar-refractivity contribution in [3.8, 4) is 0 Å². The van der Waals surface area contributed by atoms with Crippen molar-refractivity contribution >= 4 is 28.5 Å². The zero-order valence-corrected chi connectivity index (χ0v) is 9.38. The van der Waals surface area contributed by atoms with Crippen molar-refractivity contribution in [1.82, 2.24) is 4.98 Å². The highest BCUT2D eigenvalue weighted by Gasteiger charge is 2.17. The fourth-order valence-corrected chi connectivity index (χ4v) is 1.51. The van der Waals surface area contributed by atoms with Crippen LogP contribution in [0.1, 0.15) is 28.2 Å². The highest BCUT2D eigenvalue weighted by molar-refractivity contribution is 14.1. The van der Waals surface area contributed by atoms with Crippen LogP contribution in [-0.2, 0) is 0 Å². The number of hydrogen-bond acceptors (Lipinski definition) is 2. The number of aromatic nitrogens is 1.